The minimum atomic E-state index is 0.127. The Balaban J connectivity index is 2.09. The summed E-state index contributed by atoms with van der Waals surface area (Å²) in [5.41, 5.74) is 0. The van der Waals surface area contributed by atoms with Crippen molar-refractivity contribution >= 4 is 23.7 Å². The fraction of sp³-hybridized carbons (Fsp3) is 0.636. The van der Waals surface area contributed by atoms with Crippen molar-refractivity contribution in [2.75, 3.05) is 26.2 Å². The Hall–Kier alpha value is -1.23. The molecule has 2 rings (SSSR count). The number of amides is 1. The van der Waals surface area contributed by atoms with Crippen LogP contribution >= 0.6 is 11.6 Å². The maximum Gasteiger partial charge on any atom is 0.219 e. The Morgan fingerprint density at radius 1 is 1.59 bits per heavy atom. The number of hydrogen-bond acceptors (Lipinski definition) is 4. The van der Waals surface area contributed by atoms with Crippen LogP contribution in [0.3, 0.4) is 0 Å². The van der Waals surface area contributed by atoms with E-state index in [0.29, 0.717) is 11.7 Å². The second-order valence-corrected chi connectivity index (χ2v) is 4.72. The van der Waals surface area contributed by atoms with E-state index in [1.54, 1.807) is 6.92 Å². The van der Waals surface area contributed by atoms with Gasteiger partial charge in [0.25, 0.3) is 0 Å². The smallest absolute Gasteiger partial charge is 0.219 e. The summed E-state index contributed by atoms with van der Waals surface area (Å²) in [6, 6.07) is 0.230. The Morgan fingerprint density at radius 3 is 2.94 bits per heavy atom. The summed E-state index contributed by atoms with van der Waals surface area (Å²) < 4.78 is 0. The third kappa shape index (κ3) is 2.54. The van der Waals surface area contributed by atoms with Crippen LogP contribution in [0.2, 0.25) is 0 Å². The van der Waals surface area contributed by atoms with Crippen LogP contribution in [-0.4, -0.2) is 54.1 Å². The van der Waals surface area contributed by atoms with E-state index < -0.39 is 0 Å². The first kappa shape index (κ1) is 12.2. The second kappa shape index (κ2) is 4.96. The predicted octanol–water partition coefficient (Wildman–Crippen LogP) is 0.578. The number of nitrogens with zero attached hydrogens (tertiary/aromatic N) is 3. The van der Waals surface area contributed by atoms with E-state index >= 15 is 0 Å². The molecule has 2 heterocycles. The molecule has 94 valence electrons. The van der Waals surface area contributed by atoms with Crippen LogP contribution in [0.4, 0.5) is 0 Å². The van der Waals surface area contributed by atoms with Crippen LogP contribution in [0.1, 0.15) is 13.8 Å². The van der Waals surface area contributed by atoms with Crippen LogP contribution in [0.5, 0.6) is 0 Å². The summed E-state index contributed by atoms with van der Waals surface area (Å²) in [5.74, 6) is 0.912. The highest BCUT2D eigenvalue weighted by molar-refractivity contribution is 6.29. The van der Waals surface area contributed by atoms with Gasteiger partial charge in [-0.2, -0.15) is 0 Å². The first-order valence-corrected chi connectivity index (χ1v) is 6.15. The van der Waals surface area contributed by atoms with Crippen LogP contribution in [0, 0.1) is 0 Å². The highest BCUT2D eigenvalue weighted by Gasteiger charge is 2.28. The molecule has 0 aliphatic carbocycles. The molecule has 0 saturated carbocycles. The Bertz CT molecular complexity index is 380. The van der Waals surface area contributed by atoms with Crippen LogP contribution < -0.4 is 5.32 Å². The molecule has 1 atom stereocenters. The van der Waals surface area contributed by atoms with Gasteiger partial charge in [0.2, 0.25) is 5.91 Å². The van der Waals surface area contributed by atoms with Crippen molar-refractivity contribution in [2.24, 2.45) is 4.99 Å². The van der Waals surface area contributed by atoms with Gasteiger partial charge in [-0.15, -0.1) is 0 Å². The first-order chi connectivity index (χ1) is 8.09. The Labute approximate surface area is 106 Å². The predicted molar refractivity (Wildman–Crippen MR) is 67.8 cm³/mol. The van der Waals surface area contributed by atoms with E-state index in [1.807, 2.05) is 11.1 Å². The highest BCUT2D eigenvalue weighted by atomic mass is 35.5. The molecule has 0 spiro atoms. The monoisotopic (exact) mass is 256 g/mol. The number of piperazine rings is 1. The Kier molecular flexibility index (Phi) is 3.57. The molecule has 0 radical (unpaired) electrons. The van der Waals surface area contributed by atoms with E-state index in [2.05, 4.69) is 22.1 Å². The summed E-state index contributed by atoms with van der Waals surface area (Å²) in [5, 5.41) is 3.65. The number of carbonyl (C=O) groups is 1. The van der Waals surface area contributed by atoms with Gasteiger partial charge in [-0.1, -0.05) is 11.6 Å². The average Bonchev–Trinajstić information content (AvgIpc) is 2.30. The minimum absolute atomic E-state index is 0.127. The zero-order valence-electron chi connectivity index (χ0n) is 10.1. The van der Waals surface area contributed by atoms with Crippen molar-refractivity contribution in [3.8, 4) is 0 Å². The van der Waals surface area contributed by atoms with Gasteiger partial charge < -0.3 is 15.1 Å². The normalized spacial score (nSPS) is 25.0. The molecule has 2 aliphatic rings. The van der Waals surface area contributed by atoms with Gasteiger partial charge in [0.05, 0.1) is 6.54 Å². The van der Waals surface area contributed by atoms with E-state index in [9.17, 15) is 4.79 Å². The largest absolute Gasteiger partial charge is 0.368 e. The summed E-state index contributed by atoms with van der Waals surface area (Å²) in [4.78, 5) is 19.7. The van der Waals surface area contributed by atoms with Crippen molar-refractivity contribution in [1.29, 1.82) is 0 Å². The maximum absolute atomic E-state index is 11.3. The fourth-order valence-corrected chi connectivity index (χ4v) is 2.40. The molecule has 17 heavy (non-hydrogen) atoms. The fourth-order valence-electron chi connectivity index (χ4n) is 2.16. The molecule has 6 heteroatoms. The lowest BCUT2D eigenvalue weighted by Crippen LogP contribution is -2.53. The van der Waals surface area contributed by atoms with Gasteiger partial charge in [-0.25, -0.2) is 4.99 Å². The van der Waals surface area contributed by atoms with Gasteiger partial charge in [0.15, 0.2) is 5.82 Å². The van der Waals surface area contributed by atoms with Crippen molar-refractivity contribution in [2.45, 2.75) is 19.9 Å². The molecule has 1 unspecified atom stereocenters. The van der Waals surface area contributed by atoms with Gasteiger partial charge in [-0.05, 0) is 6.92 Å². The third-order valence-electron chi connectivity index (χ3n) is 3.10. The second-order valence-electron chi connectivity index (χ2n) is 4.34. The summed E-state index contributed by atoms with van der Waals surface area (Å²) in [6.45, 7) is 6.57. The number of halogens is 1. The summed E-state index contributed by atoms with van der Waals surface area (Å²) in [6.07, 6.45) is 1.81. The summed E-state index contributed by atoms with van der Waals surface area (Å²) >= 11 is 6.11. The number of hydrogen-bond donors (Lipinski definition) is 1. The summed E-state index contributed by atoms with van der Waals surface area (Å²) in [7, 11) is 0. The molecule has 1 saturated heterocycles. The van der Waals surface area contributed by atoms with E-state index in [0.717, 1.165) is 25.5 Å². The quantitative estimate of drug-likeness (QED) is 0.698. The lowest BCUT2D eigenvalue weighted by Gasteiger charge is -2.41. The number of aliphatic imine (C=N–C) groups is 1. The highest BCUT2D eigenvalue weighted by Crippen LogP contribution is 2.21. The van der Waals surface area contributed by atoms with E-state index in [-0.39, 0.29) is 11.9 Å². The Morgan fingerprint density at radius 2 is 2.35 bits per heavy atom. The van der Waals surface area contributed by atoms with Gasteiger partial charge in [0, 0.05) is 38.8 Å². The number of nitrogens with one attached hydrogen (secondary N) is 1. The molecule has 0 aromatic carbocycles. The van der Waals surface area contributed by atoms with Crippen LogP contribution in [0.25, 0.3) is 0 Å². The molecule has 2 aliphatic heterocycles. The average molecular weight is 257 g/mol. The standard InChI is InChI=1S/C11H17ClN4O/c1-8-7-15(9(2)17)5-6-16(8)11-10(12)13-3-4-14-11/h4,8,13H,3,5-7H2,1-2H3. The minimum Gasteiger partial charge on any atom is -0.368 e. The molecule has 1 amide bonds. The maximum atomic E-state index is 11.3. The van der Waals surface area contributed by atoms with Crippen LogP contribution in [-0.2, 0) is 4.79 Å². The van der Waals surface area contributed by atoms with Gasteiger partial charge in [0.1, 0.15) is 5.16 Å². The van der Waals surface area contributed by atoms with Gasteiger partial charge in [-0.3, -0.25) is 4.79 Å². The van der Waals surface area contributed by atoms with Gasteiger partial charge >= 0.3 is 0 Å². The lowest BCUT2D eigenvalue weighted by molar-refractivity contribution is -0.131. The lowest BCUT2D eigenvalue weighted by atomic mass is 10.2. The molecule has 0 aromatic rings. The molecule has 0 bridgehead atoms. The third-order valence-corrected chi connectivity index (χ3v) is 3.41. The zero-order valence-corrected chi connectivity index (χ0v) is 10.9. The van der Waals surface area contributed by atoms with E-state index in [1.165, 1.54) is 0 Å². The molecule has 0 aromatic heterocycles. The SMILES string of the molecule is CC(=O)N1CCN(C2=C(Cl)NCC=N2)C(C)C1. The number of rotatable bonds is 1. The van der Waals surface area contributed by atoms with Crippen molar-refractivity contribution in [1.82, 2.24) is 15.1 Å². The van der Waals surface area contributed by atoms with Crippen molar-refractivity contribution < 1.29 is 4.79 Å². The van der Waals surface area contributed by atoms with Crippen molar-refractivity contribution in [3.05, 3.63) is 11.0 Å². The number of carbonyl (C=O) groups excluding carboxylic acids is 1. The van der Waals surface area contributed by atoms with E-state index in [4.69, 9.17) is 11.6 Å². The molecular formula is C11H17ClN4O. The van der Waals surface area contributed by atoms with Crippen LogP contribution in [0.15, 0.2) is 16.0 Å². The molecule has 1 fully saturated rings. The topological polar surface area (TPSA) is 47.9 Å². The molecule has 5 nitrogen and oxygen atoms in total. The zero-order chi connectivity index (χ0) is 12.4. The molecule has 1 N–H and O–H groups in total. The first-order valence-electron chi connectivity index (χ1n) is 5.78. The molecular weight excluding hydrogens is 240 g/mol. The van der Waals surface area contributed by atoms with Crippen molar-refractivity contribution in [3.63, 3.8) is 0 Å².